The summed E-state index contributed by atoms with van der Waals surface area (Å²) in [5.74, 6) is 0.515. The smallest absolute Gasteiger partial charge is 0.165 e. The highest BCUT2D eigenvalue weighted by atomic mass is 127. The van der Waals surface area contributed by atoms with Crippen molar-refractivity contribution in [3.05, 3.63) is 27.3 Å². The van der Waals surface area contributed by atoms with Crippen molar-refractivity contribution in [2.75, 3.05) is 6.54 Å². The van der Waals surface area contributed by atoms with Crippen molar-refractivity contribution in [3.63, 3.8) is 0 Å². The second-order valence-electron chi connectivity index (χ2n) is 8.31. The minimum absolute atomic E-state index is 0.461. The number of halogens is 1. The Morgan fingerprint density at radius 3 is 2.56 bits per heavy atom. The molecule has 0 N–H and O–H groups in total. The molecule has 0 unspecified atom stereocenters. The molecule has 3 fully saturated rings. The highest BCUT2D eigenvalue weighted by Crippen LogP contribution is 2.50. The predicted octanol–water partition coefficient (Wildman–Crippen LogP) is 6.71. The lowest BCUT2D eigenvalue weighted by atomic mass is 10.0. The Labute approximate surface area is 170 Å². The average molecular weight is 468 g/mol. The molecule has 4 heteroatoms. The molecule has 25 heavy (non-hydrogen) atoms. The molecule has 0 aromatic heterocycles. The number of hydrogen-bond acceptors (Lipinski definition) is 2. The third-order valence-corrected chi connectivity index (χ3v) is 8.27. The van der Waals surface area contributed by atoms with E-state index in [1.54, 1.807) is 0 Å². The number of rotatable bonds is 3. The molecule has 1 spiro atoms. The molecule has 1 aliphatic heterocycles. The summed E-state index contributed by atoms with van der Waals surface area (Å²) in [6, 6.07) is 7.49. The zero-order valence-corrected chi connectivity index (χ0v) is 18.4. The molecule has 2 saturated carbocycles. The number of hydrogen-bond donors (Lipinski definition) is 0. The zero-order chi connectivity index (χ0) is 17.4. The largest absolute Gasteiger partial charge is 0.347 e. The van der Waals surface area contributed by atoms with Crippen molar-refractivity contribution < 1.29 is 0 Å². The summed E-state index contributed by atoms with van der Waals surface area (Å²) in [5.41, 5.74) is 2.58. The topological polar surface area (TPSA) is 15.6 Å². The minimum atomic E-state index is 0.461. The predicted molar refractivity (Wildman–Crippen MR) is 118 cm³/mol. The van der Waals surface area contributed by atoms with Gasteiger partial charge in [0.1, 0.15) is 0 Å². The van der Waals surface area contributed by atoms with Gasteiger partial charge in [0.25, 0.3) is 0 Å². The number of amidine groups is 1. The van der Waals surface area contributed by atoms with E-state index >= 15 is 0 Å². The molecule has 1 aromatic rings. The minimum Gasteiger partial charge on any atom is -0.347 e. The maximum Gasteiger partial charge on any atom is 0.165 e. The molecule has 0 amide bonds. The van der Waals surface area contributed by atoms with E-state index in [0.29, 0.717) is 10.7 Å². The second kappa shape index (κ2) is 7.41. The molecule has 2 aliphatic carbocycles. The van der Waals surface area contributed by atoms with Crippen LogP contribution in [0.5, 0.6) is 0 Å². The van der Waals surface area contributed by atoms with Crippen LogP contribution in [0.4, 0.5) is 5.69 Å². The maximum atomic E-state index is 5.27. The van der Waals surface area contributed by atoms with Crippen LogP contribution in [-0.2, 0) is 0 Å². The van der Waals surface area contributed by atoms with Gasteiger partial charge in [0.05, 0.1) is 5.69 Å². The van der Waals surface area contributed by atoms with Gasteiger partial charge in [-0.2, -0.15) is 0 Å². The number of aliphatic imine (C=N–C) groups is 1. The lowest BCUT2D eigenvalue weighted by Crippen LogP contribution is -2.37. The summed E-state index contributed by atoms with van der Waals surface area (Å²) < 4.78 is 1.77. The number of benzene rings is 1. The van der Waals surface area contributed by atoms with Gasteiger partial charge in [0, 0.05) is 20.9 Å². The third kappa shape index (κ3) is 3.76. The van der Waals surface area contributed by atoms with E-state index in [1.165, 1.54) is 77.9 Å². The van der Waals surface area contributed by atoms with Gasteiger partial charge in [-0.1, -0.05) is 51.3 Å². The molecular formula is C21H29IN2S. The second-order valence-corrected chi connectivity index (χ2v) is 11.0. The van der Waals surface area contributed by atoms with E-state index < -0.39 is 0 Å². The Bertz CT molecular complexity index is 658. The summed E-state index contributed by atoms with van der Waals surface area (Å²) in [5, 5.41) is 1.32. The monoisotopic (exact) mass is 468 g/mol. The molecule has 0 atom stereocenters. The highest BCUT2D eigenvalue weighted by molar-refractivity contribution is 14.1. The van der Waals surface area contributed by atoms with Crippen LogP contribution in [-0.4, -0.2) is 27.4 Å². The van der Waals surface area contributed by atoms with Crippen LogP contribution in [0.3, 0.4) is 0 Å². The van der Waals surface area contributed by atoms with E-state index in [2.05, 4.69) is 71.3 Å². The van der Waals surface area contributed by atoms with Crippen LogP contribution < -0.4 is 0 Å². The average Bonchev–Trinajstić information content (AvgIpc) is 3.31. The molecule has 4 rings (SSSR count). The molecule has 136 valence electrons. The maximum absolute atomic E-state index is 5.27. The van der Waals surface area contributed by atoms with Crippen molar-refractivity contribution in [1.29, 1.82) is 0 Å². The van der Waals surface area contributed by atoms with Gasteiger partial charge < -0.3 is 4.90 Å². The van der Waals surface area contributed by atoms with E-state index in [4.69, 9.17) is 4.99 Å². The van der Waals surface area contributed by atoms with E-state index in [0.717, 1.165) is 6.04 Å². The van der Waals surface area contributed by atoms with Crippen LogP contribution in [0.25, 0.3) is 0 Å². The first-order chi connectivity index (χ1) is 12.1. The molecule has 0 radical (unpaired) electrons. The van der Waals surface area contributed by atoms with Gasteiger partial charge in [-0.05, 0) is 78.0 Å². The summed E-state index contributed by atoms with van der Waals surface area (Å²) in [6.07, 6.45) is 11.1. The summed E-state index contributed by atoms with van der Waals surface area (Å²) >= 11 is 4.53. The standard InChI is InChI=1S/C21H29IN2S/c1-15(2)18-13-16(22)9-10-19(18)23-20-24(17-7-3-4-8-17)14-21(25-20)11-5-6-12-21/h9-10,13,15,17H,3-8,11-12,14H2,1-2H3. The van der Waals surface area contributed by atoms with E-state index in [1.807, 2.05) is 0 Å². The zero-order valence-electron chi connectivity index (χ0n) is 15.4. The Balaban J connectivity index is 1.69. The third-order valence-electron chi connectivity index (χ3n) is 6.12. The van der Waals surface area contributed by atoms with Crippen molar-refractivity contribution in [1.82, 2.24) is 4.90 Å². The first kappa shape index (κ1) is 18.1. The SMILES string of the molecule is CC(C)c1cc(I)ccc1N=C1SC2(CCCC2)CN1C1CCCC1. The highest BCUT2D eigenvalue weighted by Gasteiger charge is 2.46. The van der Waals surface area contributed by atoms with Crippen LogP contribution in [0, 0.1) is 3.57 Å². The quantitative estimate of drug-likeness (QED) is 0.459. The number of nitrogens with zero attached hydrogens (tertiary/aromatic N) is 2. The lowest BCUT2D eigenvalue weighted by Gasteiger charge is -2.27. The van der Waals surface area contributed by atoms with Gasteiger partial charge >= 0.3 is 0 Å². The Kier molecular flexibility index (Phi) is 5.38. The van der Waals surface area contributed by atoms with Gasteiger partial charge in [0.15, 0.2) is 5.17 Å². The van der Waals surface area contributed by atoms with E-state index in [-0.39, 0.29) is 0 Å². The van der Waals surface area contributed by atoms with Crippen molar-refractivity contribution in [2.45, 2.75) is 81.9 Å². The Morgan fingerprint density at radius 2 is 1.88 bits per heavy atom. The van der Waals surface area contributed by atoms with Gasteiger partial charge in [-0.15, -0.1) is 0 Å². The van der Waals surface area contributed by atoms with Crippen LogP contribution in [0.1, 0.15) is 76.7 Å². The van der Waals surface area contributed by atoms with E-state index in [9.17, 15) is 0 Å². The lowest BCUT2D eigenvalue weighted by molar-refractivity contribution is 0.301. The Morgan fingerprint density at radius 1 is 1.16 bits per heavy atom. The van der Waals surface area contributed by atoms with Crippen LogP contribution >= 0.6 is 34.4 Å². The molecule has 1 heterocycles. The molecule has 3 aliphatic rings. The fraction of sp³-hybridized carbons (Fsp3) is 0.667. The van der Waals surface area contributed by atoms with Crippen molar-refractivity contribution in [3.8, 4) is 0 Å². The Hall–Kier alpha value is -0.230. The summed E-state index contributed by atoms with van der Waals surface area (Å²) in [6.45, 7) is 5.80. The first-order valence-corrected chi connectivity index (χ1v) is 11.8. The molecule has 1 saturated heterocycles. The molecular weight excluding hydrogens is 439 g/mol. The van der Waals surface area contributed by atoms with Crippen LogP contribution in [0.2, 0.25) is 0 Å². The molecule has 0 bridgehead atoms. The van der Waals surface area contributed by atoms with Gasteiger partial charge in [0.2, 0.25) is 0 Å². The molecule has 2 nitrogen and oxygen atoms in total. The number of thioether (sulfide) groups is 1. The van der Waals surface area contributed by atoms with Gasteiger partial charge in [-0.25, -0.2) is 4.99 Å². The normalized spacial score (nSPS) is 25.1. The molecule has 1 aromatic carbocycles. The summed E-state index contributed by atoms with van der Waals surface area (Å²) in [4.78, 5) is 7.97. The van der Waals surface area contributed by atoms with Crippen LogP contribution in [0.15, 0.2) is 23.2 Å². The van der Waals surface area contributed by atoms with Crippen molar-refractivity contribution in [2.24, 2.45) is 4.99 Å². The van der Waals surface area contributed by atoms with Crippen molar-refractivity contribution >= 4 is 45.2 Å². The fourth-order valence-electron chi connectivity index (χ4n) is 4.72. The first-order valence-electron chi connectivity index (χ1n) is 9.90. The van der Waals surface area contributed by atoms with Gasteiger partial charge in [-0.3, -0.25) is 0 Å². The fourth-order valence-corrected chi connectivity index (χ4v) is 6.80. The summed E-state index contributed by atoms with van der Waals surface area (Å²) in [7, 11) is 0.